The Morgan fingerprint density at radius 3 is 2.20 bits per heavy atom. The number of ether oxygens (including phenoxy) is 6. The number of nitrogens with one attached hydrogen (secondary N) is 1. The summed E-state index contributed by atoms with van der Waals surface area (Å²) >= 11 is 0. The number of fused-ring (bicyclic) bond motifs is 5. The lowest BCUT2D eigenvalue weighted by atomic mass is 9.47. The molecule has 61 heavy (non-hydrogen) atoms. The molecule has 1 amide bonds. The quantitative estimate of drug-likeness (QED) is 0.146. The predicted octanol–water partition coefficient (Wildman–Crippen LogP) is 4.02. The topological polar surface area (TPSA) is 231 Å². The Hall–Kier alpha value is -4.38. The summed E-state index contributed by atoms with van der Waals surface area (Å²) in [5.41, 5.74) is -7.69. The molecule has 1 heterocycles. The lowest BCUT2D eigenvalue weighted by Crippen LogP contribution is -2.78. The molecule has 2 bridgehead atoms. The highest BCUT2D eigenvalue weighted by molar-refractivity contribution is 5.95. The second kappa shape index (κ2) is 17.1. The minimum absolute atomic E-state index is 0.00928. The van der Waals surface area contributed by atoms with Crippen LogP contribution in [0.15, 0.2) is 46.6 Å². The molecule has 16 heteroatoms. The van der Waals surface area contributed by atoms with Crippen LogP contribution in [0.2, 0.25) is 0 Å². The van der Waals surface area contributed by atoms with Gasteiger partial charge in [0.15, 0.2) is 23.6 Å². The number of allylic oxidation sites excluding steroid dienone is 4. The van der Waals surface area contributed by atoms with Gasteiger partial charge in [-0.2, -0.15) is 0 Å². The molecule has 0 aromatic heterocycles. The number of aliphatic hydroxyl groups is 3. The molecular weight excluding hydrogens is 794 g/mol. The van der Waals surface area contributed by atoms with E-state index in [1.54, 1.807) is 60.6 Å². The molecule has 5 aliphatic rings. The van der Waals surface area contributed by atoms with Crippen molar-refractivity contribution in [2.24, 2.45) is 22.7 Å². The molecule has 4 aliphatic carbocycles. The molecule has 0 radical (unpaired) electrons. The van der Waals surface area contributed by atoms with Crippen LogP contribution >= 0.6 is 0 Å². The van der Waals surface area contributed by atoms with Crippen molar-refractivity contribution in [3.63, 3.8) is 0 Å². The number of hydrogen-bond donors (Lipinski definition) is 4. The van der Waals surface area contributed by atoms with E-state index in [9.17, 15) is 39.3 Å². The van der Waals surface area contributed by atoms with E-state index in [1.807, 2.05) is 13.0 Å². The molecular formula is C45H63NO15. The van der Waals surface area contributed by atoms with Crippen molar-refractivity contribution in [2.45, 2.75) is 168 Å². The van der Waals surface area contributed by atoms with E-state index in [0.29, 0.717) is 5.57 Å². The van der Waals surface area contributed by atoms with E-state index in [4.69, 9.17) is 28.4 Å². The first kappa shape index (κ1) is 47.7. The second-order valence-electron chi connectivity index (χ2n) is 19.3. The zero-order valence-electron chi connectivity index (χ0n) is 37.3. The van der Waals surface area contributed by atoms with Gasteiger partial charge < -0.3 is 49.1 Å². The van der Waals surface area contributed by atoms with Crippen LogP contribution in [0.25, 0.3) is 0 Å². The lowest BCUT2D eigenvalue weighted by molar-refractivity contribution is -0.316. The fourth-order valence-electron chi connectivity index (χ4n) is 10.0. The predicted molar refractivity (Wildman–Crippen MR) is 217 cm³/mol. The van der Waals surface area contributed by atoms with Gasteiger partial charge in [0.2, 0.25) is 0 Å². The summed E-state index contributed by atoms with van der Waals surface area (Å²) in [6, 6.07) is -1.34. The van der Waals surface area contributed by atoms with Crippen LogP contribution in [0.3, 0.4) is 0 Å². The number of ketones is 1. The number of alkyl carbamates (subject to hydrolysis) is 1. The maximum absolute atomic E-state index is 15.6. The lowest BCUT2D eigenvalue weighted by Gasteiger charge is -2.63. The Bertz CT molecular complexity index is 1940. The molecule has 0 aromatic rings. The number of aliphatic hydroxyl groups excluding tert-OH is 2. The Balaban J connectivity index is 1.75. The van der Waals surface area contributed by atoms with Gasteiger partial charge in [-0.1, -0.05) is 50.6 Å². The van der Waals surface area contributed by atoms with E-state index >= 15 is 4.79 Å². The van der Waals surface area contributed by atoms with Gasteiger partial charge in [0.1, 0.15) is 29.5 Å². The van der Waals surface area contributed by atoms with Gasteiger partial charge in [-0.15, -0.1) is 0 Å². The van der Waals surface area contributed by atoms with Gasteiger partial charge in [-0.25, -0.2) is 14.4 Å². The highest BCUT2D eigenvalue weighted by Crippen LogP contribution is 2.63. The highest BCUT2D eigenvalue weighted by atomic mass is 16.6. The van der Waals surface area contributed by atoms with Crippen LogP contribution < -0.4 is 5.32 Å². The fourth-order valence-corrected chi connectivity index (χ4v) is 10.0. The molecule has 4 N–H and O–H groups in total. The Morgan fingerprint density at radius 2 is 1.66 bits per heavy atom. The van der Waals surface area contributed by atoms with Crippen molar-refractivity contribution in [2.75, 3.05) is 6.61 Å². The molecule has 0 aromatic carbocycles. The zero-order valence-corrected chi connectivity index (χ0v) is 37.3. The molecule has 5 rings (SSSR count). The number of carbonyl (C=O) groups is 6. The first-order valence-electron chi connectivity index (χ1n) is 20.9. The molecule has 1 saturated heterocycles. The van der Waals surface area contributed by atoms with Crippen LogP contribution in [0, 0.1) is 22.7 Å². The monoisotopic (exact) mass is 857 g/mol. The van der Waals surface area contributed by atoms with Gasteiger partial charge in [0, 0.05) is 31.3 Å². The molecule has 338 valence electrons. The van der Waals surface area contributed by atoms with Gasteiger partial charge >= 0.3 is 30.0 Å². The van der Waals surface area contributed by atoms with E-state index in [-0.39, 0.29) is 48.5 Å². The first-order chi connectivity index (χ1) is 28.1. The van der Waals surface area contributed by atoms with Crippen molar-refractivity contribution in [3.8, 4) is 0 Å². The summed E-state index contributed by atoms with van der Waals surface area (Å²) in [4.78, 5) is 83.1. The van der Waals surface area contributed by atoms with Crippen LogP contribution in [-0.4, -0.2) is 117 Å². The number of carbonyl (C=O) groups excluding carboxylic acids is 6. The van der Waals surface area contributed by atoms with Crippen molar-refractivity contribution < 1.29 is 72.5 Å². The molecule has 1 aliphatic heterocycles. The van der Waals surface area contributed by atoms with Gasteiger partial charge in [0.05, 0.1) is 30.1 Å². The number of hydrogen-bond acceptors (Lipinski definition) is 15. The summed E-state index contributed by atoms with van der Waals surface area (Å²) in [5.74, 6) is -6.18. The fraction of sp³-hybridized carbons (Fsp3) is 0.689. The summed E-state index contributed by atoms with van der Waals surface area (Å²) < 4.78 is 35.9. The summed E-state index contributed by atoms with van der Waals surface area (Å²) in [5, 5.41) is 39.9. The average Bonchev–Trinajstić information content (AvgIpc) is 3.17. The second-order valence-corrected chi connectivity index (χ2v) is 19.3. The smallest absolute Gasteiger partial charge is 0.408 e. The van der Waals surface area contributed by atoms with Crippen molar-refractivity contribution in [1.82, 2.24) is 5.32 Å². The molecule has 12 atom stereocenters. The zero-order chi connectivity index (χ0) is 45.8. The normalized spacial score (nSPS) is 35.1. The van der Waals surface area contributed by atoms with Crippen LogP contribution in [0.5, 0.6) is 0 Å². The molecule has 0 spiro atoms. The summed E-state index contributed by atoms with van der Waals surface area (Å²) in [6.07, 6.45) is -4.06. The number of rotatable bonds is 9. The van der Waals surface area contributed by atoms with Crippen molar-refractivity contribution in [1.29, 1.82) is 0 Å². The van der Waals surface area contributed by atoms with E-state index < -0.39 is 118 Å². The van der Waals surface area contributed by atoms with Gasteiger partial charge in [0.25, 0.3) is 0 Å². The average molecular weight is 858 g/mol. The number of esters is 4. The van der Waals surface area contributed by atoms with Crippen molar-refractivity contribution >= 4 is 35.8 Å². The van der Waals surface area contributed by atoms with E-state index in [2.05, 4.69) is 5.32 Å². The maximum Gasteiger partial charge on any atom is 0.408 e. The minimum Gasteiger partial charge on any atom is -0.456 e. The van der Waals surface area contributed by atoms with Crippen LogP contribution in [-0.2, 0) is 52.4 Å². The standard InChI is InChI=1S/C45H63NO15/c1-22(2)18-28(46-40(54)61-41(7,8)9)33(50)39(53)58-29-20-45(55)37(59-38(52)27-15-13-14-23(3)19-27)35-43(12,30(49)16-17-31-44(35,21-56-31)60-26(6)48)36(51)34(57-25(5)47)32(24(29)4)42(45,10)11/h13-15,18,23,28-31,33-35,37,49-50,55H,16-17,19-21H2,1-12H3,(H,46,54)/t23?,28-,29-,30-,31+,33+,34+,35-,37-,43+,44-,45+/m0/s1. The third kappa shape index (κ3) is 8.82. The third-order valence-electron chi connectivity index (χ3n) is 13.0. The third-order valence-corrected chi connectivity index (χ3v) is 13.0. The first-order valence-corrected chi connectivity index (χ1v) is 20.9. The summed E-state index contributed by atoms with van der Waals surface area (Å²) in [6.45, 7) is 18.3. The van der Waals surface area contributed by atoms with E-state index in [1.165, 1.54) is 26.8 Å². The van der Waals surface area contributed by atoms with Crippen LogP contribution in [0.4, 0.5) is 4.79 Å². The Kier molecular flexibility index (Phi) is 13.3. The summed E-state index contributed by atoms with van der Waals surface area (Å²) in [7, 11) is 0. The van der Waals surface area contributed by atoms with Crippen LogP contribution in [0.1, 0.15) is 109 Å². The Morgan fingerprint density at radius 1 is 1.00 bits per heavy atom. The molecule has 1 unspecified atom stereocenters. The highest BCUT2D eigenvalue weighted by Gasteiger charge is 2.77. The van der Waals surface area contributed by atoms with Gasteiger partial charge in [-0.05, 0) is 84.8 Å². The SMILES string of the molecule is CC(=O)O[C@H]1C(=O)[C@@]2(C)[C@H]([C@H](OC(=O)C3=CC=CC(C)C3)[C@]3(O)C[C@H](OC(=O)[C@H](O)[C@H](C=C(C)C)NC(=O)OC(C)(C)C)C(C)=C1C3(C)C)[C@]1(OC(C)=O)CO[C@@H]1CC[C@@H]2O. The Labute approximate surface area is 357 Å². The molecule has 2 saturated carbocycles. The number of amides is 1. The largest absolute Gasteiger partial charge is 0.456 e. The van der Waals surface area contributed by atoms with Gasteiger partial charge in [-0.3, -0.25) is 14.4 Å². The van der Waals surface area contributed by atoms with E-state index in [0.717, 1.165) is 6.92 Å². The minimum atomic E-state index is -2.37. The molecule has 3 fully saturated rings. The van der Waals surface area contributed by atoms with Crippen molar-refractivity contribution in [3.05, 3.63) is 46.6 Å². The number of Topliss-reactive ketones (excluding diaryl/α,β-unsaturated/α-hetero) is 1. The molecule has 16 nitrogen and oxygen atoms in total. The maximum atomic E-state index is 15.6.